The highest BCUT2D eigenvalue weighted by Crippen LogP contribution is 2.33. The minimum absolute atomic E-state index is 0.0360. The van der Waals surface area contributed by atoms with E-state index in [0.29, 0.717) is 6.54 Å². The van der Waals surface area contributed by atoms with Crippen molar-refractivity contribution in [1.29, 1.82) is 0 Å². The quantitative estimate of drug-likeness (QED) is 0.701. The summed E-state index contributed by atoms with van der Waals surface area (Å²) in [5, 5.41) is 4.96. The molecular weight excluding hydrogens is 383 g/mol. The normalized spacial score (nSPS) is 11.1. The Bertz CT molecular complexity index is 841. The van der Waals surface area contributed by atoms with Crippen LogP contribution >= 0.6 is 11.6 Å². The van der Waals surface area contributed by atoms with Crippen LogP contribution in [0.3, 0.4) is 0 Å². The van der Waals surface area contributed by atoms with Gasteiger partial charge in [0.05, 0.1) is 16.3 Å². The predicted octanol–water partition coefficient (Wildman–Crippen LogP) is 4.54. The first-order valence-corrected chi connectivity index (χ1v) is 8.52. The monoisotopic (exact) mass is 399 g/mol. The number of anilines is 1. The van der Waals surface area contributed by atoms with Crippen LogP contribution in [0.25, 0.3) is 0 Å². The molecule has 0 unspecified atom stereocenters. The molecule has 0 atom stereocenters. The molecule has 0 aliphatic carbocycles. The Labute approximate surface area is 158 Å². The fraction of sp³-hybridized carbons (Fsp3) is 0.278. The van der Waals surface area contributed by atoms with E-state index in [-0.39, 0.29) is 22.0 Å². The Kier molecular flexibility index (Phi) is 6.79. The summed E-state index contributed by atoms with van der Waals surface area (Å²) in [6, 6.07) is 5.24. The van der Waals surface area contributed by atoms with Crippen molar-refractivity contribution in [3.8, 4) is 0 Å². The fourth-order valence-electron chi connectivity index (χ4n) is 2.16. The Balaban J connectivity index is 2.17. The summed E-state index contributed by atoms with van der Waals surface area (Å²) in [6.07, 6.45) is -1.57. The molecule has 0 spiro atoms. The Morgan fingerprint density at radius 1 is 1.15 bits per heavy atom. The second kappa shape index (κ2) is 8.85. The lowest BCUT2D eigenvalue weighted by Gasteiger charge is -2.12. The van der Waals surface area contributed by atoms with Gasteiger partial charge < -0.3 is 10.6 Å². The van der Waals surface area contributed by atoms with Crippen LogP contribution in [0.15, 0.2) is 36.5 Å². The standard InChI is InChI=1S/C18H17ClF3N3O2/c1-2-3-7-24-17(27)15-9-11(6-8-23-15)16(26)25-14-10-12(18(20,21)22)4-5-13(14)19/h4-6,8-10H,2-3,7H2,1H3,(H,24,27)(H,25,26). The predicted molar refractivity (Wildman–Crippen MR) is 95.9 cm³/mol. The van der Waals surface area contributed by atoms with E-state index < -0.39 is 23.6 Å². The number of alkyl halides is 3. The molecule has 27 heavy (non-hydrogen) atoms. The lowest BCUT2D eigenvalue weighted by atomic mass is 10.1. The zero-order valence-corrected chi connectivity index (χ0v) is 15.1. The Morgan fingerprint density at radius 2 is 1.89 bits per heavy atom. The van der Waals surface area contributed by atoms with Crippen LogP contribution in [0.5, 0.6) is 0 Å². The van der Waals surface area contributed by atoms with Crippen molar-refractivity contribution in [2.45, 2.75) is 25.9 Å². The van der Waals surface area contributed by atoms with E-state index in [1.165, 1.54) is 18.3 Å². The first-order valence-electron chi connectivity index (χ1n) is 8.14. The van der Waals surface area contributed by atoms with Gasteiger partial charge in [-0.1, -0.05) is 24.9 Å². The van der Waals surface area contributed by atoms with E-state index in [4.69, 9.17) is 11.6 Å². The van der Waals surface area contributed by atoms with Gasteiger partial charge in [-0.3, -0.25) is 14.6 Å². The summed E-state index contributed by atoms with van der Waals surface area (Å²) in [5.74, 6) is -1.14. The molecule has 5 nitrogen and oxygen atoms in total. The van der Waals surface area contributed by atoms with Crippen molar-refractivity contribution >= 4 is 29.1 Å². The number of carbonyl (C=O) groups is 2. The van der Waals surface area contributed by atoms with Crippen molar-refractivity contribution in [2.75, 3.05) is 11.9 Å². The van der Waals surface area contributed by atoms with E-state index in [1.54, 1.807) is 0 Å². The van der Waals surface area contributed by atoms with Crippen LogP contribution in [-0.2, 0) is 6.18 Å². The molecule has 0 aliphatic heterocycles. The number of halogens is 4. The van der Waals surface area contributed by atoms with E-state index in [0.717, 1.165) is 31.0 Å². The van der Waals surface area contributed by atoms with E-state index in [9.17, 15) is 22.8 Å². The fourth-order valence-corrected chi connectivity index (χ4v) is 2.32. The second-order valence-corrected chi connectivity index (χ2v) is 6.09. The van der Waals surface area contributed by atoms with Crippen LogP contribution in [0, 0.1) is 0 Å². The lowest BCUT2D eigenvalue weighted by molar-refractivity contribution is -0.137. The summed E-state index contributed by atoms with van der Waals surface area (Å²) in [5.41, 5.74) is -1.01. The van der Waals surface area contributed by atoms with Gasteiger partial charge >= 0.3 is 6.18 Å². The van der Waals surface area contributed by atoms with Crippen molar-refractivity contribution in [3.63, 3.8) is 0 Å². The third-order valence-electron chi connectivity index (χ3n) is 3.61. The van der Waals surface area contributed by atoms with Crippen LogP contribution in [0.1, 0.15) is 46.2 Å². The third-order valence-corrected chi connectivity index (χ3v) is 3.94. The second-order valence-electron chi connectivity index (χ2n) is 5.69. The van der Waals surface area contributed by atoms with E-state index >= 15 is 0 Å². The molecule has 0 radical (unpaired) electrons. The maximum atomic E-state index is 12.8. The molecule has 1 aromatic heterocycles. The van der Waals surface area contributed by atoms with Gasteiger partial charge in [-0.2, -0.15) is 13.2 Å². The maximum Gasteiger partial charge on any atom is 0.416 e. The minimum Gasteiger partial charge on any atom is -0.351 e. The van der Waals surface area contributed by atoms with Crippen molar-refractivity contribution < 1.29 is 22.8 Å². The van der Waals surface area contributed by atoms with Crippen molar-refractivity contribution in [2.24, 2.45) is 0 Å². The number of unbranched alkanes of at least 4 members (excludes halogenated alkanes) is 1. The van der Waals surface area contributed by atoms with Gasteiger partial charge in [0.15, 0.2) is 0 Å². The number of aromatic nitrogens is 1. The smallest absolute Gasteiger partial charge is 0.351 e. The Morgan fingerprint density at radius 3 is 2.56 bits per heavy atom. The first kappa shape index (κ1) is 20.7. The van der Waals surface area contributed by atoms with Gasteiger partial charge in [0.1, 0.15) is 5.69 Å². The first-order chi connectivity index (χ1) is 12.7. The summed E-state index contributed by atoms with van der Waals surface area (Å²) >= 11 is 5.87. The summed E-state index contributed by atoms with van der Waals surface area (Å²) in [6.45, 7) is 2.46. The molecular formula is C18H17ClF3N3O2. The number of nitrogens with one attached hydrogen (secondary N) is 2. The molecule has 2 rings (SSSR count). The number of nitrogens with zero attached hydrogens (tertiary/aromatic N) is 1. The topological polar surface area (TPSA) is 71.1 Å². The molecule has 9 heteroatoms. The number of hydrogen-bond donors (Lipinski definition) is 2. The van der Waals surface area contributed by atoms with Gasteiger partial charge in [-0.05, 0) is 36.8 Å². The number of benzene rings is 1. The van der Waals surface area contributed by atoms with Crippen LogP contribution < -0.4 is 10.6 Å². The summed E-state index contributed by atoms with van der Waals surface area (Å²) in [7, 11) is 0. The average Bonchev–Trinajstić information content (AvgIpc) is 2.62. The molecule has 0 saturated heterocycles. The number of rotatable bonds is 6. The van der Waals surface area contributed by atoms with Crippen molar-refractivity contribution in [1.82, 2.24) is 10.3 Å². The third kappa shape index (κ3) is 5.68. The molecule has 1 aromatic carbocycles. The number of hydrogen-bond acceptors (Lipinski definition) is 3. The lowest BCUT2D eigenvalue weighted by Crippen LogP contribution is -2.25. The average molecular weight is 400 g/mol. The molecule has 0 bridgehead atoms. The SMILES string of the molecule is CCCCNC(=O)c1cc(C(=O)Nc2cc(C(F)(F)F)ccc2Cl)ccn1. The molecule has 2 aromatic rings. The van der Waals surface area contributed by atoms with Crippen LogP contribution in [0.4, 0.5) is 18.9 Å². The maximum absolute atomic E-state index is 12.8. The van der Waals surface area contributed by atoms with Gasteiger partial charge in [-0.15, -0.1) is 0 Å². The van der Waals surface area contributed by atoms with Crippen molar-refractivity contribution in [3.05, 3.63) is 58.4 Å². The van der Waals surface area contributed by atoms with E-state index in [2.05, 4.69) is 15.6 Å². The molecule has 0 aliphatic rings. The highest BCUT2D eigenvalue weighted by Gasteiger charge is 2.31. The Hall–Kier alpha value is -2.61. The number of amides is 2. The molecule has 2 N–H and O–H groups in total. The van der Waals surface area contributed by atoms with Crippen LogP contribution in [-0.4, -0.2) is 23.3 Å². The van der Waals surface area contributed by atoms with Gasteiger partial charge in [0, 0.05) is 18.3 Å². The molecule has 2 amide bonds. The van der Waals surface area contributed by atoms with Gasteiger partial charge in [0.2, 0.25) is 0 Å². The summed E-state index contributed by atoms with van der Waals surface area (Å²) in [4.78, 5) is 28.3. The highest BCUT2D eigenvalue weighted by molar-refractivity contribution is 6.34. The van der Waals surface area contributed by atoms with Gasteiger partial charge in [0.25, 0.3) is 11.8 Å². The largest absolute Gasteiger partial charge is 0.416 e. The number of pyridine rings is 1. The van der Waals surface area contributed by atoms with Gasteiger partial charge in [-0.25, -0.2) is 0 Å². The molecule has 0 saturated carbocycles. The molecule has 0 fully saturated rings. The highest BCUT2D eigenvalue weighted by atomic mass is 35.5. The number of carbonyl (C=O) groups excluding carboxylic acids is 2. The van der Waals surface area contributed by atoms with E-state index in [1.807, 2.05) is 6.92 Å². The van der Waals surface area contributed by atoms with Crippen LogP contribution in [0.2, 0.25) is 5.02 Å². The minimum atomic E-state index is -4.56. The molecule has 1 heterocycles. The zero-order chi connectivity index (χ0) is 20.0. The zero-order valence-electron chi connectivity index (χ0n) is 14.4. The summed E-state index contributed by atoms with van der Waals surface area (Å²) < 4.78 is 38.5. The molecule has 144 valence electrons.